The molecule has 84 valence electrons. The Kier molecular flexibility index (Phi) is 3.91. The van der Waals surface area contributed by atoms with Crippen LogP contribution in [0.5, 0.6) is 5.75 Å². The molecule has 0 atom stereocenters. The lowest BCUT2D eigenvalue weighted by molar-refractivity contribution is 0.467. The highest BCUT2D eigenvalue weighted by atomic mass is 79.9. The Morgan fingerprint density at radius 1 is 1.56 bits per heavy atom. The van der Waals surface area contributed by atoms with Crippen molar-refractivity contribution in [2.75, 3.05) is 14.1 Å². The first-order valence-corrected chi connectivity index (χ1v) is 5.39. The van der Waals surface area contributed by atoms with Crippen LogP contribution in [0.15, 0.2) is 15.5 Å². The molecule has 1 N–H and O–H groups in total. The molecule has 1 rings (SSSR count). The number of nitrogens with zero attached hydrogens (tertiary/aromatic N) is 3. The van der Waals surface area contributed by atoms with E-state index in [9.17, 15) is 5.11 Å². The first kappa shape index (κ1) is 12.5. The highest BCUT2D eigenvalue weighted by molar-refractivity contribution is 9.10. The zero-order valence-corrected chi connectivity index (χ0v) is 10.9. The van der Waals surface area contributed by atoms with Crippen LogP contribution in [-0.2, 0) is 0 Å². The average molecular weight is 282 g/mol. The fraction of sp³-hybridized carbons (Fsp3) is 0.273. The van der Waals surface area contributed by atoms with Gasteiger partial charge in [0.25, 0.3) is 0 Å². The standard InChI is InChI=1S/C11H12BrN3O/c1-7-8(5-13)10(14-6-15(2)3)4-9(12)11(7)16/h4,6,16H,1-3H3/b14-6-. The van der Waals surface area contributed by atoms with Crippen molar-refractivity contribution in [3.63, 3.8) is 0 Å². The fourth-order valence-corrected chi connectivity index (χ4v) is 1.69. The van der Waals surface area contributed by atoms with E-state index in [0.29, 0.717) is 21.3 Å². The van der Waals surface area contributed by atoms with Crippen LogP contribution in [-0.4, -0.2) is 30.4 Å². The zero-order valence-electron chi connectivity index (χ0n) is 9.32. The van der Waals surface area contributed by atoms with Gasteiger partial charge in [0.1, 0.15) is 11.8 Å². The molecule has 0 saturated heterocycles. The van der Waals surface area contributed by atoms with E-state index in [2.05, 4.69) is 20.9 Å². The largest absolute Gasteiger partial charge is 0.506 e. The van der Waals surface area contributed by atoms with Gasteiger partial charge in [0.05, 0.1) is 22.1 Å². The van der Waals surface area contributed by atoms with Crippen molar-refractivity contribution < 1.29 is 5.11 Å². The number of hydrogen-bond acceptors (Lipinski definition) is 3. The van der Waals surface area contributed by atoms with E-state index < -0.39 is 0 Å². The Morgan fingerprint density at radius 3 is 2.69 bits per heavy atom. The molecular formula is C11H12BrN3O. The molecule has 5 heteroatoms. The highest BCUT2D eigenvalue weighted by Gasteiger charge is 2.12. The van der Waals surface area contributed by atoms with Gasteiger partial charge in [-0.2, -0.15) is 5.26 Å². The van der Waals surface area contributed by atoms with Crippen molar-refractivity contribution in [3.05, 3.63) is 21.7 Å². The lowest BCUT2D eigenvalue weighted by Gasteiger charge is -2.08. The molecule has 0 aliphatic rings. The van der Waals surface area contributed by atoms with Gasteiger partial charge in [-0.25, -0.2) is 4.99 Å². The predicted octanol–water partition coefficient (Wildman–Crippen LogP) is 2.56. The third kappa shape index (κ3) is 2.52. The first-order valence-electron chi connectivity index (χ1n) is 4.60. The molecule has 1 aromatic carbocycles. The lowest BCUT2D eigenvalue weighted by atomic mass is 10.1. The molecule has 1 aromatic rings. The van der Waals surface area contributed by atoms with Crippen LogP contribution in [0, 0.1) is 18.3 Å². The third-order valence-corrected chi connectivity index (χ3v) is 2.62. The van der Waals surface area contributed by atoms with Gasteiger partial charge in [-0.05, 0) is 28.9 Å². The van der Waals surface area contributed by atoms with Crippen LogP contribution in [0.4, 0.5) is 5.69 Å². The molecule has 0 radical (unpaired) electrons. The molecule has 0 aromatic heterocycles. The van der Waals surface area contributed by atoms with E-state index in [-0.39, 0.29) is 5.75 Å². The predicted molar refractivity (Wildman–Crippen MR) is 67.1 cm³/mol. The highest BCUT2D eigenvalue weighted by Crippen LogP contribution is 2.35. The smallest absolute Gasteiger partial charge is 0.134 e. The number of nitriles is 1. The molecule has 0 saturated carbocycles. The summed E-state index contributed by atoms with van der Waals surface area (Å²) in [6.45, 7) is 1.69. The van der Waals surface area contributed by atoms with Crippen LogP contribution in [0.2, 0.25) is 0 Å². The molecule has 0 heterocycles. The Labute approximate surface area is 103 Å². The number of phenols is 1. The number of halogens is 1. The molecule has 0 unspecified atom stereocenters. The molecule has 0 aliphatic carbocycles. The number of aromatic hydroxyl groups is 1. The summed E-state index contributed by atoms with van der Waals surface area (Å²) >= 11 is 3.22. The quantitative estimate of drug-likeness (QED) is 0.670. The number of benzene rings is 1. The second-order valence-corrected chi connectivity index (χ2v) is 4.40. The summed E-state index contributed by atoms with van der Waals surface area (Å²) in [5.74, 6) is 0.0837. The number of aliphatic imine (C=N–C) groups is 1. The van der Waals surface area contributed by atoms with Crippen LogP contribution < -0.4 is 0 Å². The topological polar surface area (TPSA) is 59.6 Å². The van der Waals surface area contributed by atoms with E-state index in [4.69, 9.17) is 5.26 Å². The molecule has 0 aliphatic heterocycles. The summed E-state index contributed by atoms with van der Waals surface area (Å²) in [6, 6.07) is 3.67. The van der Waals surface area contributed by atoms with Crippen LogP contribution in [0.1, 0.15) is 11.1 Å². The minimum atomic E-state index is 0.0837. The van der Waals surface area contributed by atoms with Gasteiger partial charge in [0, 0.05) is 19.7 Å². The lowest BCUT2D eigenvalue weighted by Crippen LogP contribution is -2.07. The van der Waals surface area contributed by atoms with Crippen LogP contribution in [0.25, 0.3) is 0 Å². The van der Waals surface area contributed by atoms with Crippen molar-refractivity contribution >= 4 is 28.0 Å². The van der Waals surface area contributed by atoms with Gasteiger partial charge in [0.2, 0.25) is 0 Å². The normalized spacial score (nSPS) is 10.4. The fourth-order valence-electron chi connectivity index (χ4n) is 1.17. The average Bonchev–Trinajstić information content (AvgIpc) is 2.23. The Balaban J connectivity index is 3.35. The summed E-state index contributed by atoms with van der Waals surface area (Å²) in [7, 11) is 3.69. The minimum absolute atomic E-state index is 0.0837. The third-order valence-electron chi connectivity index (χ3n) is 2.02. The van der Waals surface area contributed by atoms with Gasteiger partial charge in [-0.1, -0.05) is 0 Å². The van der Waals surface area contributed by atoms with Crippen molar-refractivity contribution in [1.82, 2.24) is 4.90 Å². The van der Waals surface area contributed by atoms with Crippen LogP contribution in [0.3, 0.4) is 0 Å². The zero-order chi connectivity index (χ0) is 12.3. The number of rotatable bonds is 2. The van der Waals surface area contributed by atoms with Crippen molar-refractivity contribution in [2.45, 2.75) is 6.92 Å². The van der Waals surface area contributed by atoms with E-state index >= 15 is 0 Å². The maximum atomic E-state index is 9.66. The first-order chi connectivity index (χ1) is 7.47. The minimum Gasteiger partial charge on any atom is -0.506 e. The molecule has 0 spiro atoms. The molecule has 0 amide bonds. The van der Waals surface area contributed by atoms with Crippen molar-refractivity contribution in [3.8, 4) is 11.8 Å². The summed E-state index contributed by atoms with van der Waals surface area (Å²) < 4.78 is 0.537. The molecule has 16 heavy (non-hydrogen) atoms. The van der Waals surface area contributed by atoms with Crippen molar-refractivity contribution in [1.29, 1.82) is 5.26 Å². The molecule has 0 fully saturated rings. The summed E-state index contributed by atoms with van der Waals surface area (Å²) in [4.78, 5) is 5.95. The molecular weight excluding hydrogens is 270 g/mol. The van der Waals surface area contributed by atoms with Gasteiger partial charge in [-0.15, -0.1) is 0 Å². The number of phenolic OH excluding ortho intramolecular Hbond substituents is 1. The van der Waals surface area contributed by atoms with E-state index in [1.807, 2.05) is 20.2 Å². The maximum absolute atomic E-state index is 9.66. The van der Waals surface area contributed by atoms with E-state index in [1.165, 1.54) is 0 Å². The second-order valence-electron chi connectivity index (χ2n) is 3.55. The van der Waals surface area contributed by atoms with E-state index in [1.54, 1.807) is 24.2 Å². The maximum Gasteiger partial charge on any atom is 0.134 e. The van der Waals surface area contributed by atoms with Crippen LogP contribution >= 0.6 is 15.9 Å². The molecule has 0 bridgehead atoms. The second kappa shape index (κ2) is 4.99. The Bertz CT molecular complexity index is 475. The van der Waals surface area contributed by atoms with E-state index in [0.717, 1.165) is 0 Å². The van der Waals surface area contributed by atoms with Gasteiger partial charge < -0.3 is 10.0 Å². The van der Waals surface area contributed by atoms with Gasteiger partial charge >= 0.3 is 0 Å². The summed E-state index contributed by atoms with van der Waals surface area (Å²) in [5.41, 5.74) is 1.46. The molecule has 4 nitrogen and oxygen atoms in total. The SMILES string of the molecule is Cc1c(O)c(Br)cc(/N=C\N(C)C)c1C#N. The number of hydrogen-bond donors (Lipinski definition) is 1. The summed E-state index contributed by atoms with van der Waals surface area (Å²) in [6.07, 6.45) is 1.61. The monoisotopic (exact) mass is 281 g/mol. The van der Waals surface area contributed by atoms with Gasteiger partial charge in [0.15, 0.2) is 0 Å². The Hall–Kier alpha value is -1.54. The van der Waals surface area contributed by atoms with Gasteiger partial charge in [-0.3, -0.25) is 0 Å². The van der Waals surface area contributed by atoms with Crippen molar-refractivity contribution in [2.24, 2.45) is 4.99 Å². The Morgan fingerprint density at radius 2 is 2.19 bits per heavy atom. The summed E-state index contributed by atoms with van der Waals surface area (Å²) in [5, 5.41) is 18.7.